The lowest BCUT2D eigenvalue weighted by Gasteiger charge is -2.23. The molecule has 0 saturated heterocycles. The highest BCUT2D eigenvalue weighted by Crippen LogP contribution is 2.26. The van der Waals surface area contributed by atoms with Crippen LogP contribution in [0.25, 0.3) is 0 Å². The third-order valence-electron chi connectivity index (χ3n) is 4.63. The van der Waals surface area contributed by atoms with E-state index in [2.05, 4.69) is 39.2 Å². The minimum absolute atomic E-state index is 0. The molecule has 9 heteroatoms. The van der Waals surface area contributed by atoms with Gasteiger partial charge in [-0.25, -0.2) is 0 Å². The number of halogens is 3. The molecule has 2 atom stereocenters. The van der Waals surface area contributed by atoms with E-state index in [1.165, 1.54) is 25.0 Å². The van der Waals surface area contributed by atoms with Crippen molar-refractivity contribution in [2.45, 2.75) is 51.5 Å². The first-order chi connectivity index (χ1) is 12.9. The first-order valence-electron chi connectivity index (χ1n) is 9.37. The Morgan fingerprint density at radius 2 is 1.93 bits per heavy atom. The molecule has 160 valence electrons. The third-order valence-corrected chi connectivity index (χ3v) is 4.63. The zero-order valence-corrected chi connectivity index (χ0v) is 18.9. The topological polar surface area (TPSA) is 69.1 Å². The van der Waals surface area contributed by atoms with Gasteiger partial charge in [-0.15, -0.1) is 24.0 Å². The number of rotatable bonds is 10. The van der Waals surface area contributed by atoms with Gasteiger partial charge in [-0.05, 0) is 51.4 Å². The third kappa shape index (κ3) is 8.44. The molecule has 28 heavy (non-hydrogen) atoms. The molecule has 2 rings (SSSR count). The molecule has 0 heterocycles. The summed E-state index contributed by atoms with van der Waals surface area (Å²) in [5.74, 6) is 0.711. The number of hydrogen-bond donors (Lipinski definition) is 3. The number of aliphatic hydroxyl groups is 1. The van der Waals surface area contributed by atoms with E-state index < -0.39 is 12.7 Å². The van der Waals surface area contributed by atoms with E-state index in [9.17, 15) is 13.9 Å². The lowest BCUT2D eigenvalue weighted by atomic mass is 10.1. The Morgan fingerprint density at radius 3 is 2.46 bits per heavy atom. The zero-order chi connectivity index (χ0) is 19.8. The van der Waals surface area contributed by atoms with Gasteiger partial charge in [-0.3, -0.25) is 9.89 Å². The van der Waals surface area contributed by atoms with E-state index in [1.807, 2.05) is 6.92 Å². The minimum Gasteiger partial charge on any atom is -0.435 e. The Morgan fingerprint density at radius 1 is 1.29 bits per heavy atom. The maximum Gasteiger partial charge on any atom is 0.387 e. The second-order valence-electron chi connectivity index (χ2n) is 6.81. The number of guanidine groups is 1. The van der Waals surface area contributed by atoms with Crippen molar-refractivity contribution < 1.29 is 18.6 Å². The summed E-state index contributed by atoms with van der Waals surface area (Å²) in [6.07, 6.45) is 1.73. The van der Waals surface area contributed by atoms with Gasteiger partial charge in [0.15, 0.2) is 5.96 Å². The fraction of sp³-hybridized carbons (Fsp3) is 0.632. The molecule has 1 aromatic carbocycles. The van der Waals surface area contributed by atoms with Crippen LogP contribution in [0.5, 0.6) is 5.75 Å². The van der Waals surface area contributed by atoms with Crippen LogP contribution in [0, 0.1) is 0 Å². The molecule has 1 aliphatic rings. The fourth-order valence-electron chi connectivity index (χ4n) is 2.72. The van der Waals surface area contributed by atoms with Crippen molar-refractivity contribution in [2.75, 3.05) is 26.7 Å². The summed E-state index contributed by atoms with van der Waals surface area (Å²) < 4.78 is 28.7. The molecular weight excluding hydrogens is 481 g/mol. The predicted molar refractivity (Wildman–Crippen MR) is 118 cm³/mol. The van der Waals surface area contributed by atoms with Crippen molar-refractivity contribution in [3.63, 3.8) is 0 Å². The summed E-state index contributed by atoms with van der Waals surface area (Å²) >= 11 is 0. The highest BCUT2D eigenvalue weighted by molar-refractivity contribution is 14.0. The molecule has 0 bridgehead atoms. The molecule has 0 spiro atoms. The van der Waals surface area contributed by atoms with Crippen molar-refractivity contribution >= 4 is 29.9 Å². The number of aliphatic imine (C=N–C) groups is 1. The van der Waals surface area contributed by atoms with Crippen molar-refractivity contribution in [3.8, 4) is 5.75 Å². The molecular formula is C19H31F2IN4O2. The second kappa shape index (κ2) is 12.4. The number of nitrogens with zero attached hydrogens (tertiary/aromatic N) is 2. The van der Waals surface area contributed by atoms with Gasteiger partial charge in [0.05, 0.1) is 12.6 Å². The second-order valence-corrected chi connectivity index (χ2v) is 6.81. The number of nitrogens with one attached hydrogen (secondary N) is 2. The normalized spacial score (nSPS) is 16.5. The molecule has 0 amide bonds. The Kier molecular flexibility index (Phi) is 11.0. The number of ether oxygens (including phenoxy) is 1. The van der Waals surface area contributed by atoms with Crippen LogP contribution < -0.4 is 15.4 Å². The predicted octanol–water partition coefficient (Wildman–Crippen LogP) is 2.98. The van der Waals surface area contributed by atoms with E-state index in [0.717, 1.165) is 0 Å². The van der Waals surface area contributed by atoms with Crippen LogP contribution in [0.2, 0.25) is 0 Å². The Labute approximate surface area is 182 Å². The van der Waals surface area contributed by atoms with Crippen molar-refractivity contribution in [2.24, 2.45) is 4.99 Å². The molecule has 0 aliphatic heterocycles. The molecule has 1 saturated carbocycles. The van der Waals surface area contributed by atoms with Gasteiger partial charge < -0.3 is 20.5 Å². The number of hydrogen-bond acceptors (Lipinski definition) is 4. The Balaban J connectivity index is 0.00000392. The van der Waals surface area contributed by atoms with Gasteiger partial charge in [-0.1, -0.05) is 12.1 Å². The average Bonchev–Trinajstić information content (AvgIpc) is 3.48. The largest absolute Gasteiger partial charge is 0.435 e. The molecule has 1 fully saturated rings. The highest BCUT2D eigenvalue weighted by Gasteiger charge is 2.28. The lowest BCUT2D eigenvalue weighted by molar-refractivity contribution is -0.0498. The zero-order valence-electron chi connectivity index (χ0n) is 16.6. The molecule has 0 aromatic heterocycles. The summed E-state index contributed by atoms with van der Waals surface area (Å²) in [4.78, 5) is 6.95. The maximum absolute atomic E-state index is 12.2. The van der Waals surface area contributed by atoms with Crippen LogP contribution in [0.1, 0.15) is 38.4 Å². The SMILES string of the molecule is CCNC(=NCC(C)N(C)C1CC1)NCC(O)c1ccc(OC(F)F)cc1.I. The van der Waals surface area contributed by atoms with E-state index in [1.54, 1.807) is 12.1 Å². The van der Waals surface area contributed by atoms with Crippen LogP contribution in [0.15, 0.2) is 29.3 Å². The van der Waals surface area contributed by atoms with E-state index in [-0.39, 0.29) is 36.3 Å². The highest BCUT2D eigenvalue weighted by atomic mass is 127. The molecule has 1 aliphatic carbocycles. The standard InChI is InChI=1S/C19H30F2N4O2.HI/c1-4-22-19(23-11-13(2)25(3)15-7-8-15)24-12-17(26)14-5-9-16(10-6-14)27-18(20)21;/h5-6,9-10,13,15,17-18,26H,4,7-8,11-12H2,1-3H3,(H2,22,23,24);1H. The van der Waals surface area contributed by atoms with Crippen LogP contribution >= 0.6 is 24.0 Å². The summed E-state index contributed by atoms with van der Waals surface area (Å²) in [7, 11) is 2.13. The van der Waals surface area contributed by atoms with Gasteiger partial charge >= 0.3 is 6.61 Å². The Bertz CT molecular complexity index is 600. The number of benzene rings is 1. The van der Waals surface area contributed by atoms with Crippen molar-refractivity contribution in [3.05, 3.63) is 29.8 Å². The van der Waals surface area contributed by atoms with Crippen LogP contribution in [0.3, 0.4) is 0 Å². The van der Waals surface area contributed by atoms with Crippen LogP contribution in [-0.4, -0.2) is 61.3 Å². The summed E-state index contributed by atoms with van der Waals surface area (Å²) in [5.41, 5.74) is 0.613. The smallest absolute Gasteiger partial charge is 0.387 e. The van der Waals surface area contributed by atoms with Gasteiger partial charge in [0, 0.05) is 25.2 Å². The Hall–Kier alpha value is -1.20. The van der Waals surface area contributed by atoms with Gasteiger partial charge in [0.1, 0.15) is 5.75 Å². The lowest BCUT2D eigenvalue weighted by Crippen LogP contribution is -2.41. The summed E-state index contributed by atoms with van der Waals surface area (Å²) in [6, 6.07) is 7.00. The molecule has 1 aromatic rings. The van der Waals surface area contributed by atoms with Crippen LogP contribution in [-0.2, 0) is 0 Å². The average molecular weight is 512 g/mol. The minimum atomic E-state index is -2.86. The van der Waals surface area contributed by atoms with E-state index in [4.69, 9.17) is 0 Å². The molecule has 2 unspecified atom stereocenters. The van der Waals surface area contributed by atoms with E-state index >= 15 is 0 Å². The van der Waals surface area contributed by atoms with E-state index in [0.29, 0.717) is 36.7 Å². The maximum atomic E-state index is 12.2. The van der Waals surface area contributed by atoms with Crippen molar-refractivity contribution in [1.29, 1.82) is 0 Å². The van der Waals surface area contributed by atoms with Crippen LogP contribution in [0.4, 0.5) is 8.78 Å². The molecule has 0 radical (unpaired) electrons. The summed E-state index contributed by atoms with van der Waals surface area (Å²) in [5, 5.41) is 16.6. The van der Waals surface area contributed by atoms with Gasteiger partial charge in [-0.2, -0.15) is 8.78 Å². The first-order valence-corrected chi connectivity index (χ1v) is 9.37. The molecule has 6 nitrogen and oxygen atoms in total. The fourth-order valence-corrected chi connectivity index (χ4v) is 2.72. The van der Waals surface area contributed by atoms with Gasteiger partial charge in [0.25, 0.3) is 0 Å². The number of likely N-dealkylation sites (N-methyl/N-ethyl adjacent to an activating group) is 1. The van der Waals surface area contributed by atoms with Crippen molar-refractivity contribution in [1.82, 2.24) is 15.5 Å². The first kappa shape index (κ1) is 24.8. The number of alkyl halides is 2. The number of aliphatic hydroxyl groups excluding tert-OH is 1. The van der Waals surface area contributed by atoms with Gasteiger partial charge in [0.2, 0.25) is 0 Å². The quantitative estimate of drug-likeness (QED) is 0.256. The monoisotopic (exact) mass is 512 g/mol. The molecule has 3 N–H and O–H groups in total. The summed E-state index contributed by atoms with van der Waals surface area (Å²) in [6.45, 7) is 2.92.